The molecule has 2 rings (SSSR count). The quantitative estimate of drug-likeness (QED) is 0.578. The maximum Gasteiger partial charge on any atom is 0.0238 e. The van der Waals surface area contributed by atoms with Gasteiger partial charge in [-0.25, -0.2) is 0 Å². The maximum absolute atomic E-state index is 3.58. The monoisotopic (exact) mass is 140 g/mol. The molecule has 0 aromatic heterocycles. The predicted octanol–water partition coefficient (Wildman–Crippen LogP) is 0.346. The van der Waals surface area contributed by atoms with Crippen LogP contribution in [0.25, 0.3) is 0 Å². The summed E-state index contributed by atoms with van der Waals surface area (Å²) in [6.45, 7) is 1.15. The zero-order valence-corrected chi connectivity index (χ0v) is 6.56. The molecule has 0 spiro atoms. The van der Waals surface area contributed by atoms with Crippen molar-refractivity contribution in [2.24, 2.45) is 5.92 Å². The van der Waals surface area contributed by atoms with Crippen molar-refractivity contribution in [3.8, 4) is 0 Å². The third-order valence-electron chi connectivity index (χ3n) is 2.94. The van der Waals surface area contributed by atoms with E-state index in [1.54, 1.807) is 0 Å². The summed E-state index contributed by atoms with van der Waals surface area (Å²) >= 11 is 0. The van der Waals surface area contributed by atoms with E-state index in [9.17, 15) is 0 Å². The van der Waals surface area contributed by atoms with Crippen LogP contribution in [0.4, 0.5) is 0 Å². The fourth-order valence-electron chi connectivity index (χ4n) is 2.39. The standard InChI is InChI=1S/C8H16N2/c1-9-5-8-6-3-2-4-7(6)10-8/h6-10H,2-5H2,1H3. The summed E-state index contributed by atoms with van der Waals surface area (Å²) in [4.78, 5) is 0. The number of hydrogen-bond acceptors (Lipinski definition) is 2. The van der Waals surface area contributed by atoms with Crippen LogP contribution >= 0.6 is 0 Å². The first-order valence-corrected chi connectivity index (χ1v) is 4.32. The average Bonchev–Trinajstić information content (AvgIpc) is 2.26. The third kappa shape index (κ3) is 0.867. The van der Waals surface area contributed by atoms with Crippen molar-refractivity contribution < 1.29 is 0 Å². The van der Waals surface area contributed by atoms with Gasteiger partial charge in [0.25, 0.3) is 0 Å². The first kappa shape index (κ1) is 6.62. The summed E-state index contributed by atoms with van der Waals surface area (Å²) in [6, 6.07) is 1.68. The highest BCUT2D eigenvalue weighted by molar-refractivity contribution is 5.01. The van der Waals surface area contributed by atoms with E-state index >= 15 is 0 Å². The third-order valence-corrected chi connectivity index (χ3v) is 2.94. The Labute approximate surface area is 62.4 Å². The summed E-state index contributed by atoms with van der Waals surface area (Å²) in [5.41, 5.74) is 0. The summed E-state index contributed by atoms with van der Waals surface area (Å²) in [6.07, 6.45) is 4.33. The van der Waals surface area contributed by atoms with E-state index in [-0.39, 0.29) is 0 Å². The van der Waals surface area contributed by atoms with Crippen LogP contribution in [0.1, 0.15) is 19.3 Å². The molecule has 2 aliphatic rings. The van der Waals surface area contributed by atoms with Gasteiger partial charge >= 0.3 is 0 Å². The number of rotatable bonds is 2. The van der Waals surface area contributed by atoms with Crippen LogP contribution < -0.4 is 10.6 Å². The first-order chi connectivity index (χ1) is 4.92. The molecule has 1 aliphatic carbocycles. The minimum atomic E-state index is 0.789. The Morgan fingerprint density at radius 1 is 1.50 bits per heavy atom. The van der Waals surface area contributed by atoms with E-state index in [0.29, 0.717) is 0 Å². The van der Waals surface area contributed by atoms with E-state index in [2.05, 4.69) is 10.6 Å². The zero-order chi connectivity index (χ0) is 6.97. The van der Waals surface area contributed by atoms with Crippen molar-refractivity contribution >= 4 is 0 Å². The molecule has 3 atom stereocenters. The Balaban J connectivity index is 1.83. The highest BCUT2D eigenvalue weighted by atomic mass is 15.1. The Hall–Kier alpha value is -0.0800. The zero-order valence-electron chi connectivity index (χ0n) is 6.56. The molecule has 1 saturated heterocycles. The van der Waals surface area contributed by atoms with Gasteiger partial charge in [-0.15, -0.1) is 0 Å². The molecule has 1 aliphatic heterocycles. The van der Waals surface area contributed by atoms with Crippen LogP contribution in [-0.4, -0.2) is 25.7 Å². The fraction of sp³-hybridized carbons (Fsp3) is 1.00. The van der Waals surface area contributed by atoms with E-state index in [0.717, 1.165) is 24.5 Å². The number of nitrogens with one attached hydrogen (secondary N) is 2. The van der Waals surface area contributed by atoms with Crippen LogP contribution in [0.3, 0.4) is 0 Å². The van der Waals surface area contributed by atoms with Crippen LogP contribution in [-0.2, 0) is 0 Å². The SMILES string of the molecule is CNCC1NC2CCCC21. The lowest BCUT2D eigenvalue weighted by Crippen LogP contribution is -2.61. The molecule has 2 heteroatoms. The predicted molar refractivity (Wildman–Crippen MR) is 42.0 cm³/mol. The maximum atomic E-state index is 3.58. The van der Waals surface area contributed by atoms with Gasteiger partial charge in [-0.3, -0.25) is 0 Å². The van der Waals surface area contributed by atoms with Crippen molar-refractivity contribution in [2.45, 2.75) is 31.3 Å². The van der Waals surface area contributed by atoms with Crippen LogP contribution in [0.2, 0.25) is 0 Å². The molecule has 0 aromatic rings. The molecule has 2 N–H and O–H groups in total. The number of likely N-dealkylation sites (N-methyl/N-ethyl adjacent to an activating group) is 1. The molecule has 2 nitrogen and oxygen atoms in total. The summed E-state index contributed by atoms with van der Waals surface area (Å²) in [5, 5.41) is 6.80. The summed E-state index contributed by atoms with van der Waals surface area (Å²) in [7, 11) is 2.03. The molecular formula is C8H16N2. The van der Waals surface area contributed by atoms with E-state index in [4.69, 9.17) is 0 Å². The smallest absolute Gasteiger partial charge is 0.0238 e. The summed E-state index contributed by atoms with van der Waals surface area (Å²) < 4.78 is 0. The lowest BCUT2D eigenvalue weighted by molar-refractivity contribution is 0.172. The minimum absolute atomic E-state index is 0.789. The average molecular weight is 140 g/mol. The topological polar surface area (TPSA) is 24.1 Å². The van der Waals surface area contributed by atoms with Crippen molar-refractivity contribution in [2.75, 3.05) is 13.6 Å². The summed E-state index contributed by atoms with van der Waals surface area (Å²) in [5.74, 6) is 1.01. The second-order valence-electron chi connectivity index (χ2n) is 3.53. The second-order valence-corrected chi connectivity index (χ2v) is 3.53. The van der Waals surface area contributed by atoms with Gasteiger partial charge in [-0.2, -0.15) is 0 Å². The molecule has 1 saturated carbocycles. The van der Waals surface area contributed by atoms with E-state index in [1.807, 2.05) is 7.05 Å². The minimum Gasteiger partial charge on any atom is -0.318 e. The van der Waals surface area contributed by atoms with Gasteiger partial charge in [-0.1, -0.05) is 6.42 Å². The van der Waals surface area contributed by atoms with Gasteiger partial charge in [0.05, 0.1) is 0 Å². The molecule has 3 unspecified atom stereocenters. The van der Waals surface area contributed by atoms with Gasteiger partial charge in [0, 0.05) is 18.6 Å². The Bertz CT molecular complexity index is 124. The molecule has 1 heterocycles. The Morgan fingerprint density at radius 2 is 2.40 bits per heavy atom. The van der Waals surface area contributed by atoms with E-state index in [1.165, 1.54) is 19.3 Å². The molecule has 58 valence electrons. The van der Waals surface area contributed by atoms with Crippen molar-refractivity contribution in [1.29, 1.82) is 0 Å². The highest BCUT2D eigenvalue weighted by Crippen LogP contribution is 2.35. The molecule has 0 aromatic carbocycles. The Kier molecular flexibility index (Phi) is 1.66. The van der Waals surface area contributed by atoms with Crippen molar-refractivity contribution in [3.05, 3.63) is 0 Å². The largest absolute Gasteiger partial charge is 0.318 e. The van der Waals surface area contributed by atoms with Crippen LogP contribution in [0.15, 0.2) is 0 Å². The molecule has 2 fully saturated rings. The highest BCUT2D eigenvalue weighted by Gasteiger charge is 2.42. The van der Waals surface area contributed by atoms with Gasteiger partial charge in [0.15, 0.2) is 0 Å². The van der Waals surface area contributed by atoms with Gasteiger partial charge in [0.1, 0.15) is 0 Å². The lowest BCUT2D eigenvalue weighted by Gasteiger charge is -2.42. The molecule has 10 heavy (non-hydrogen) atoms. The van der Waals surface area contributed by atoms with Gasteiger partial charge < -0.3 is 10.6 Å². The van der Waals surface area contributed by atoms with E-state index < -0.39 is 0 Å². The molecule has 0 bridgehead atoms. The fourth-order valence-corrected chi connectivity index (χ4v) is 2.39. The molecule has 0 amide bonds. The number of fused-ring (bicyclic) bond motifs is 1. The Morgan fingerprint density at radius 3 is 3.10 bits per heavy atom. The van der Waals surface area contributed by atoms with Crippen LogP contribution in [0.5, 0.6) is 0 Å². The second kappa shape index (κ2) is 2.51. The molecule has 0 radical (unpaired) electrons. The first-order valence-electron chi connectivity index (χ1n) is 4.32. The van der Waals surface area contributed by atoms with Gasteiger partial charge in [-0.05, 0) is 25.8 Å². The van der Waals surface area contributed by atoms with Crippen molar-refractivity contribution in [1.82, 2.24) is 10.6 Å². The van der Waals surface area contributed by atoms with Gasteiger partial charge in [0.2, 0.25) is 0 Å². The van der Waals surface area contributed by atoms with Crippen molar-refractivity contribution in [3.63, 3.8) is 0 Å². The lowest BCUT2D eigenvalue weighted by atomic mass is 9.85. The molecular weight excluding hydrogens is 124 g/mol. The number of hydrogen-bond donors (Lipinski definition) is 2. The van der Waals surface area contributed by atoms with Crippen LogP contribution in [0, 0.1) is 5.92 Å². The normalized spacial score (nSPS) is 44.7.